The van der Waals surface area contributed by atoms with Crippen LogP contribution in [0.4, 0.5) is 0 Å². The number of hydrogen-bond acceptors (Lipinski definition) is 2. The van der Waals surface area contributed by atoms with E-state index in [1.54, 1.807) is 0 Å². The zero-order valence-corrected chi connectivity index (χ0v) is 10.8. The number of nitrogens with one attached hydrogen (secondary N) is 1. The van der Waals surface area contributed by atoms with Crippen LogP contribution in [0.5, 0.6) is 5.75 Å². The van der Waals surface area contributed by atoms with Gasteiger partial charge in [-0.3, -0.25) is 0 Å². The maximum atomic E-state index is 5.92. The van der Waals surface area contributed by atoms with Crippen molar-refractivity contribution in [2.75, 3.05) is 6.54 Å². The lowest BCUT2D eigenvalue weighted by Gasteiger charge is -2.24. The van der Waals surface area contributed by atoms with Gasteiger partial charge < -0.3 is 10.1 Å². The number of hydrogen-bond donors (Lipinski definition) is 1. The fourth-order valence-corrected chi connectivity index (χ4v) is 2.98. The van der Waals surface area contributed by atoms with Crippen molar-refractivity contribution >= 4 is 0 Å². The van der Waals surface area contributed by atoms with Gasteiger partial charge in [-0.05, 0) is 50.4 Å². The van der Waals surface area contributed by atoms with E-state index in [1.807, 2.05) is 0 Å². The summed E-state index contributed by atoms with van der Waals surface area (Å²) in [6, 6.07) is 7.27. The number of piperidine rings is 1. The van der Waals surface area contributed by atoms with Crippen LogP contribution in [0.25, 0.3) is 0 Å². The van der Waals surface area contributed by atoms with Crippen molar-refractivity contribution in [2.45, 2.75) is 51.2 Å². The maximum Gasteiger partial charge on any atom is 0.123 e. The van der Waals surface area contributed by atoms with E-state index in [2.05, 4.69) is 37.4 Å². The van der Waals surface area contributed by atoms with Crippen LogP contribution in [0.15, 0.2) is 18.2 Å². The van der Waals surface area contributed by atoms with E-state index in [9.17, 15) is 0 Å². The van der Waals surface area contributed by atoms with Crippen LogP contribution < -0.4 is 10.1 Å². The zero-order chi connectivity index (χ0) is 11.9. The molecule has 1 aromatic rings. The fourth-order valence-electron chi connectivity index (χ4n) is 2.98. The second-order valence-electron chi connectivity index (χ2n) is 5.91. The van der Waals surface area contributed by atoms with Gasteiger partial charge in [-0.1, -0.05) is 18.6 Å². The number of benzene rings is 1. The molecule has 0 spiro atoms. The lowest BCUT2D eigenvalue weighted by atomic mass is 9.94. The van der Waals surface area contributed by atoms with Gasteiger partial charge in [0.1, 0.15) is 11.4 Å². The maximum absolute atomic E-state index is 5.92. The first-order valence-electron chi connectivity index (χ1n) is 6.69. The molecule has 2 heterocycles. The molecule has 92 valence electrons. The first-order chi connectivity index (χ1) is 8.14. The van der Waals surface area contributed by atoms with Crippen molar-refractivity contribution < 1.29 is 4.74 Å². The summed E-state index contributed by atoms with van der Waals surface area (Å²) < 4.78 is 5.92. The van der Waals surface area contributed by atoms with Crippen molar-refractivity contribution in [3.8, 4) is 5.75 Å². The van der Waals surface area contributed by atoms with Gasteiger partial charge in [0.2, 0.25) is 0 Å². The minimum atomic E-state index is -0.0268. The van der Waals surface area contributed by atoms with Gasteiger partial charge >= 0.3 is 0 Å². The Morgan fingerprint density at radius 3 is 2.94 bits per heavy atom. The zero-order valence-electron chi connectivity index (χ0n) is 10.8. The first kappa shape index (κ1) is 11.1. The van der Waals surface area contributed by atoms with Gasteiger partial charge in [-0.2, -0.15) is 0 Å². The lowest BCUT2D eigenvalue weighted by molar-refractivity contribution is 0.138. The van der Waals surface area contributed by atoms with Crippen LogP contribution in [0.3, 0.4) is 0 Å². The minimum absolute atomic E-state index is 0.0268. The number of fused-ring (bicyclic) bond motifs is 1. The largest absolute Gasteiger partial charge is 0.487 e. The normalized spacial score (nSPS) is 26.4. The Morgan fingerprint density at radius 2 is 2.18 bits per heavy atom. The second kappa shape index (κ2) is 4.02. The molecule has 2 aliphatic heterocycles. The van der Waals surface area contributed by atoms with Crippen LogP contribution in [0.2, 0.25) is 0 Å². The molecule has 2 heteroatoms. The van der Waals surface area contributed by atoms with Gasteiger partial charge in [-0.25, -0.2) is 0 Å². The van der Waals surface area contributed by atoms with E-state index in [0.717, 1.165) is 18.7 Å². The summed E-state index contributed by atoms with van der Waals surface area (Å²) in [6.45, 7) is 5.47. The molecule has 1 unspecified atom stereocenters. The van der Waals surface area contributed by atoms with Crippen LogP contribution in [-0.2, 0) is 6.42 Å². The Kier molecular flexibility index (Phi) is 2.62. The molecule has 0 radical (unpaired) electrons. The molecule has 0 amide bonds. The summed E-state index contributed by atoms with van der Waals surface area (Å²) in [5.74, 6) is 1.08. The summed E-state index contributed by atoms with van der Waals surface area (Å²) in [7, 11) is 0. The molecule has 0 bridgehead atoms. The second-order valence-corrected chi connectivity index (χ2v) is 5.91. The molecule has 1 N–H and O–H groups in total. The van der Waals surface area contributed by atoms with Crippen molar-refractivity contribution in [1.29, 1.82) is 0 Å². The van der Waals surface area contributed by atoms with Gasteiger partial charge in [0.25, 0.3) is 0 Å². The highest BCUT2D eigenvalue weighted by molar-refractivity contribution is 5.42. The van der Waals surface area contributed by atoms with Crippen LogP contribution >= 0.6 is 0 Å². The van der Waals surface area contributed by atoms with E-state index < -0.39 is 0 Å². The molecule has 2 aliphatic rings. The van der Waals surface area contributed by atoms with E-state index in [4.69, 9.17) is 4.74 Å². The third kappa shape index (κ3) is 2.19. The molecule has 0 saturated carbocycles. The Morgan fingerprint density at radius 1 is 1.29 bits per heavy atom. The van der Waals surface area contributed by atoms with E-state index in [0.29, 0.717) is 6.04 Å². The molecule has 2 nitrogen and oxygen atoms in total. The van der Waals surface area contributed by atoms with Gasteiger partial charge in [0.15, 0.2) is 0 Å². The van der Waals surface area contributed by atoms with Gasteiger partial charge in [0, 0.05) is 12.5 Å². The standard InChI is InChI=1S/C15H21NO/c1-15(2)10-12-9-11(6-7-14(12)17-15)13-5-3-4-8-16-13/h6-7,9,13,16H,3-5,8,10H2,1-2H3. The predicted molar refractivity (Wildman–Crippen MR) is 69.4 cm³/mol. The molecule has 1 saturated heterocycles. The Labute approximate surface area is 103 Å². The Bertz CT molecular complexity index is 419. The third-order valence-electron chi connectivity index (χ3n) is 3.80. The van der Waals surface area contributed by atoms with Crippen LogP contribution in [0, 0.1) is 0 Å². The third-order valence-corrected chi connectivity index (χ3v) is 3.80. The highest BCUT2D eigenvalue weighted by Crippen LogP contribution is 2.37. The Balaban J connectivity index is 1.85. The van der Waals surface area contributed by atoms with E-state index in [-0.39, 0.29) is 5.60 Å². The molecule has 1 aromatic carbocycles. The predicted octanol–water partition coefficient (Wildman–Crippen LogP) is 3.21. The molecular weight excluding hydrogens is 210 g/mol. The fraction of sp³-hybridized carbons (Fsp3) is 0.600. The summed E-state index contributed by atoms with van der Waals surface area (Å²) in [5, 5.41) is 3.61. The monoisotopic (exact) mass is 231 g/mol. The molecule has 1 fully saturated rings. The number of rotatable bonds is 1. The smallest absolute Gasteiger partial charge is 0.123 e. The summed E-state index contributed by atoms with van der Waals surface area (Å²) in [4.78, 5) is 0. The van der Waals surface area contributed by atoms with Crippen molar-refractivity contribution in [2.24, 2.45) is 0 Å². The lowest BCUT2D eigenvalue weighted by Crippen LogP contribution is -2.26. The Hall–Kier alpha value is -1.02. The molecule has 0 aliphatic carbocycles. The van der Waals surface area contributed by atoms with Crippen LogP contribution in [0.1, 0.15) is 50.3 Å². The van der Waals surface area contributed by atoms with Gasteiger partial charge in [-0.15, -0.1) is 0 Å². The van der Waals surface area contributed by atoms with Crippen molar-refractivity contribution in [3.05, 3.63) is 29.3 Å². The molecule has 0 aromatic heterocycles. The highest BCUT2D eigenvalue weighted by Gasteiger charge is 2.30. The van der Waals surface area contributed by atoms with E-state index in [1.165, 1.54) is 30.4 Å². The molecule has 17 heavy (non-hydrogen) atoms. The first-order valence-corrected chi connectivity index (χ1v) is 6.69. The van der Waals surface area contributed by atoms with Crippen LogP contribution in [-0.4, -0.2) is 12.1 Å². The topological polar surface area (TPSA) is 21.3 Å². The SMILES string of the molecule is CC1(C)Cc2cc(C3CCCCN3)ccc2O1. The van der Waals surface area contributed by atoms with Crippen molar-refractivity contribution in [3.63, 3.8) is 0 Å². The molecule has 1 atom stereocenters. The van der Waals surface area contributed by atoms with E-state index >= 15 is 0 Å². The van der Waals surface area contributed by atoms with Gasteiger partial charge in [0.05, 0.1) is 0 Å². The summed E-state index contributed by atoms with van der Waals surface area (Å²) in [5.41, 5.74) is 2.78. The quantitative estimate of drug-likeness (QED) is 0.801. The average Bonchev–Trinajstić information content (AvgIpc) is 2.63. The summed E-state index contributed by atoms with van der Waals surface area (Å²) >= 11 is 0. The highest BCUT2D eigenvalue weighted by atomic mass is 16.5. The average molecular weight is 231 g/mol. The van der Waals surface area contributed by atoms with Crippen molar-refractivity contribution in [1.82, 2.24) is 5.32 Å². The molecule has 3 rings (SSSR count). The molecular formula is C15H21NO. The number of ether oxygens (including phenoxy) is 1. The summed E-state index contributed by atoms with van der Waals surface area (Å²) in [6.07, 6.45) is 4.96. The minimum Gasteiger partial charge on any atom is -0.487 e.